The molecule has 4 heteroatoms. The van der Waals surface area contributed by atoms with E-state index in [0.717, 1.165) is 24.9 Å². The Balaban J connectivity index is 1.83. The van der Waals surface area contributed by atoms with Crippen LogP contribution in [-0.4, -0.2) is 35.1 Å². The second kappa shape index (κ2) is 6.84. The van der Waals surface area contributed by atoms with Gasteiger partial charge in [-0.25, -0.2) is 4.39 Å². The van der Waals surface area contributed by atoms with Crippen LogP contribution in [0, 0.1) is 11.7 Å². The van der Waals surface area contributed by atoms with Crippen molar-refractivity contribution in [1.82, 2.24) is 4.90 Å². The van der Waals surface area contributed by atoms with E-state index in [1.165, 1.54) is 12.1 Å². The summed E-state index contributed by atoms with van der Waals surface area (Å²) < 4.78 is 12.8. The molecule has 2 atom stereocenters. The zero-order chi connectivity index (χ0) is 14.5. The number of likely N-dealkylation sites (tertiary alicyclic amines) is 1. The second-order valence-corrected chi connectivity index (χ2v) is 5.61. The van der Waals surface area contributed by atoms with Crippen molar-refractivity contribution in [2.24, 2.45) is 5.92 Å². The number of hydrogen-bond acceptors (Lipinski definition) is 2. The Bertz CT molecular complexity index is 444. The van der Waals surface area contributed by atoms with Gasteiger partial charge in [-0.2, -0.15) is 0 Å². The van der Waals surface area contributed by atoms with Gasteiger partial charge in [0.2, 0.25) is 5.91 Å². The maximum atomic E-state index is 12.8. The third kappa shape index (κ3) is 4.04. The average molecular weight is 279 g/mol. The maximum absolute atomic E-state index is 12.8. The van der Waals surface area contributed by atoms with E-state index in [4.69, 9.17) is 0 Å². The van der Waals surface area contributed by atoms with Gasteiger partial charge in [0.25, 0.3) is 0 Å². The van der Waals surface area contributed by atoms with Gasteiger partial charge in [-0.1, -0.05) is 12.1 Å². The summed E-state index contributed by atoms with van der Waals surface area (Å²) in [6, 6.07) is 6.28. The van der Waals surface area contributed by atoms with Gasteiger partial charge in [0.1, 0.15) is 5.82 Å². The molecule has 0 radical (unpaired) electrons. The number of aryl methyl sites for hydroxylation is 1. The minimum absolute atomic E-state index is 0.125. The van der Waals surface area contributed by atoms with Gasteiger partial charge >= 0.3 is 0 Å². The molecule has 3 nitrogen and oxygen atoms in total. The highest BCUT2D eigenvalue weighted by Crippen LogP contribution is 2.20. The molecule has 0 aliphatic carbocycles. The van der Waals surface area contributed by atoms with Crippen LogP contribution in [0.25, 0.3) is 0 Å². The highest BCUT2D eigenvalue weighted by molar-refractivity contribution is 5.76. The number of benzene rings is 1. The van der Waals surface area contributed by atoms with Gasteiger partial charge in [0, 0.05) is 25.4 Å². The third-order valence-electron chi connectivity index (χ3n) is 4.03. The first kappa shape index (κ1) is 15.0. The van der Waals surface area contributed by atoms with Gasteiger partial charge < -0.3 is 10.0 Å². The molecular formula is C16H22FNO2. The summed E-state index contributed by atoms with van der Waals surface area (Å²) in [5.41, 5.74) is 0.976. The van der Waals surface area contributed by atoms with E-state index >= 15 is 0 Å². The van der Waals surface area contributed by atoms with E-state index in [0.29, 0.717) is 19.4 Å². The summed E-state index contributed by atoms with van der Waals surface area (Å²) in [4.78, 5) is 14.0. The number of amides is 1. The molecule has 0 bridgehead atoms. The molecule has 1 heterocycles. The molecule has 1 aliphatic rings. The van der Waals surface area contributed by atoms with Crippen molar-refractivity contribution >= 4 is 5.91 Å². The first-order valence-electron chi connectivity index (χ1n) is 7.26. The van der Waals surface area contributed by atoms with Crippen molar-refractivity contribution < 1.29 is 14.3 Å². The molecule has 1 aliphatic heterocycles. The number of piperidine rings is 1. The largest absolute Gasteiger partial charge is 0.393 e. The van der Waals surface area contributed by atoms with Crippen LogP contribution in [0.2, 0.25) is 0 Å². The van der Waals surface area contributed by atoms with E-state index < -0.39 is 0 Å². The van der Waals surface area contributed by atoms with Crippen molar-refractivity contribution in [3.05, 3.63) is 35.6 Å². The van der Waals surface area contributed by atoms with Gasteiger partial charge in [-0.05, 0) is 43.9 Å². The molecule has 2 unspecified atom stereocenters. The van der Waals surface area contributed by atoms with Gasteiger partial charge in [0.05, 0.1) is 6.10 Å². The Morgan fingerprint density at radius 3 is 2.80 bits per heavy atom. The molecule has 1 fully saturated rings. The van der Waals surface area contributed by atoms with Crippen LogP contribution < -0.4 is 0 Å². The summed E-state index contributed by atoms with van der Waals surface area (Å²) in [7, 11) is 0. The highest BCUT2D eigenvalue weighted by Gasteiger charge is 2.25. The predicted octanol–water partition coefficient (Wildman–Crippen LogP) is 2.38. The summed E-state index contributed by atoms with van der Waals surface area (Å²) in [6.07, 6.45) is 2.66. The minimum Gasteiger partial charge on any atom is -0.393 e. The van der Waals surface area contributed by atoms with Gasteiger partial charge in [0.15, 0.2) is 0 Å². The van der Waals surface area contributed by atoms with Crippen LogP contribution in [0.4, 0.5) is 4.39 Å². The number of carbonyl (C=O) groups excluding carboxylic acids is 1. The van der Waals surface area contributed by atoms with Gasteiger partial charge in [-0.15, -0.1) is 0 Å². The van der Waals surface area contributed by atoms with Crippen LogP contribution >= 0.6 is 0 Å². The van der Waals surface area contributed by atoms with Crippen molar-refractivity contribution in [3.63, 3.8) is 0 Å². The molecule has 1 aromatic rings. The lowest BCUT2D eigenvalue weighted by Gasteiger charge is -2.34. The first-order valence-corrected chi connectivity index (χ1v) is 7.26. The molecule has 1 amide bonds. The summed E-state index contributed by atoms with van der Waals surface area (Å²) in [5, 5.41) is 9.64. The lowest BCUT2D eigenvalue weighted by Crippen LogP contribution is -2.43. The van der Waals surface area contributed by atoms with Crippen molar-refractivity contribution in [2.75, 3.05) is 13.1 Å². The van der Waals surface area contributed by atoms with Crippen LogP contribution in [0.1, 0.15) is 31.7 Å². The molecular weight excluding hydrogens is 257 g/mol. The molecule has 110 valence electrons. The molecule has 1 N–H and O–H groups in total. The first-order chi connectivity index (χ1) is 9.56. The van der Waals surface area contributed by atoms with E-state index in [2.05, 4.69) is 0 Å². The number of halogens is 1. The number of rotatable bonds is 4. The highest BCUT2D eigenvalue weighted by atomic mass is 19.1. The SMILES string of the molecule is CC(O)C1CCCN(C(=O)CCc2ccc(F)cc2)C1. The fourth-order valence-electron chi connectivity index (χ4n) is 2.69. The monoisotopic (exact) mass is 279 g/mol. The van der Waals surface area contributed by atoms with Crippen LogP contribution in [0.5, 0.6) is 0 Å². The molecule has 20 heavy (non-hydrogen) atoms. The van der Waals surface area contributed by atoms with E-state index in [1.807, 2.05) is 4.90 Å². The number of aliphatic hydroxyl groups is 1. The molecule has 0 saturated carbocycles. The lowest BCUT2D eigenvalue weighted by molar-refractivity contribution is -0.133. The Morgan fingerprint density at radius 1 is 1.45 bits per heavy atom. The summed E-state index contributed by atoms with van der Waals surface area (Å²) in [6.45, 7) is 3.22. The van der Waals surface area contributed by atoms with Crippen molar-refractivity contribution in [1.29, 1.82) is 0 Å². The topological polar surface area (TPSA) is 40.5 Å². The molecule has 1 saturated heterocycles. The fraction of sp³-hybridized carbons (Fsp3) is 0.562. The van der Waals surface area contributed by atoms with Crippen LogP contribution in [0.3, 0.4) is 0 Å². The van der Waals surface area contributed by atoms with Gasteiger partial charge in [-0.3, -0.25) is 4.79 Å². The van der Waals surface area contributed by atoms with Crippen LogP contribution in [-0.2, 0) is 11.2 Å². The summed E-state index contributed by atoms with van der Waals surface area (Å²) >= 11 is 0. The normalized spacial score (nSPS) is 20.8. The zero-order valence-corrected chi connectivity index (χ0v) is 11.9. The van der Waals surface area contributed by atoms with E-state index in [9.17, 15) is 14.3 Å². The van der Waals surface area contributed by atoms with E-state index in [-0.39, 0.29) is 23.7 Å². The Labute approximate surface area is 119 Å². The zero-order valence-electron chi connectivity index (χ0n) is 11.9. The number of nitrogens with zero attached hydrogens (tertiary/aromatic N) is 1. The quantitative estimate of drug-likeness (QED) is 0.919. The predicted molar refractivity (Wildman–Crippen MR) is 75.7 cm³/mol. The molecule has 1 aromatic carbocycles. The Hall–Kier alpha value is -1.42. The average Bonchev–Trinajstić information content (AvgIpc) is 2.46. The smallest absolute Gasteiger partial charge is 0.222 e. The summed E-state index contributed by atoms with van der Waals surface area (Å²) in [5.74, 6) is 0.0640. The standard InChI is InChI=1S/C16H22FNO2/c1-12(19)14-3-2-10-18(11-14)16(20)9-6-13-4-7-15(17)8-5-13/h4-5,7-8,12,14,19H,2-3,6,9-11H2,1H3. The van der Waals surface area contributed by atoms with Crippen molar-refractivity contribution in [3.8, 4) is 0 Å². The van der Waals surface area contributed by atoms with Crippen molar-refractivity contribution in [2.45, 2.75) is 38.7 Å². The Morgan fingerprint density at radius 2 is 2.15 bits per heavy atom. The number of hydrogen-bond donors (Lipinski definition) is 1. The number of carbonyl (C=O) groups is 1. The molecule has 2 rings (SSSR count). The minimum atomic E-state index is -0.359. The fourth-order valence-corrected chi connectivity index (χ4v) is 2.69. The molecule has 0 aromatic heterocycles. The third-order valence-corrected chi connectivity index (χ3v) is 4.03. The molecule has 0 spiro atoms. The second-order valence-electron chi connectivity index (χ2n) is 5.61. The Kier molecular flexibility index (Phi) is 5.12. The lowest BCUT2D eigenvalue weighted by atomic mass is 9.93. The number of aliphatic hydroxyl groups excluding tert-OH is 1. The maximum Gasteiger partial charge on any atom is 0.222 e. The van der Waals surface area contributed by atoms with Crippen LogP contribution in [0.15, 0.2) is 24.3 Å². The van der Waals surface area contributed by atoms with E-state index in [1.54, 1.807) is 19.1 Å².